The molecule has 2 N–H and O–H groups in total. The second-order valence-electron chi connectivity index (χ2n) is 4.90. The van der Waals surface area contributed by atoms with Gasteiger partial charge >= 0.3 is 0 Å². The molecule has 1 rings (SSSR count). The number of carbonyl (C=O) groups is 1. The molecule has 0 aliphatic carbocycles. The predicted octanol–water partition coefficient (Wildman–Crippen LogP) is 1.57. The van der Waals surface area contributed by atoms with Crippen LogP contribution in [0.4, 0.5) is 5.69 Å². The van der Waals surface area contributed by atoms with Crippen LogP contribution in [0.5, 0.6) is 5.75 Å². The lowest BCUT2D eigenvalue weighted by Gasteiger charge is -2.12. The van der Waals surface area contributed by atoms with Crippen molar-refractivity contribution < 1.29 is 9.53 Å². The summed E-state index contributed by atoms with van der Waals surface area (Å²) in [6, 6.07) is 7.46. The Balaban J connectivity index is 2.40. The van der Waals surface area contributed by atoms with Gasteiger partial charge in [0.25, 0.3) is 0 Å². The molecule has 0 spiro atoms. The van der Waals surface area contributed by atoms with Crippen molar-refractivity contribution in [3.8, 4) is 5.75 Å². The highest BCUT2D eigenvalue weighted by Gasteiger charge is 2.03. The summed E-state index contributed by atoms with van der Waals surface area (Å²) in [5.74, 6) is 0.732. The minimum Gasteiger partial charge on any atom is -0.492 e. The van der Waals surface area contributed by atoms with E-state index in [2.05, 4.69) is 22.5 Å². The number of carbonyl (C=O) groups excluding carboxylic acids is 1. The molecule has 0 aromatic heterocycles. The number of hydrogen-bond donors (Lipinski definition) is 2. The van der Waals surface area contributed by atoms with Gasteiger partial charge in [-0.15, -0.1) is 0 Å². The van der Waals surface area contributed by atoms with E-state index in [1.807, 2.05) is 38.4 Å². The fraction of sp³-hybridized carbons (Fsp3) is 0.533. The van der Waals surface area contributed by atoms with Gasteiger partial charge < -0.3 is 20.3 Å². The third kappa shape index (κ3) is 7.11. The van der Waals surface area contributed by atoms with E-state index in [1.54, 1.807) is 0 Å². The fourth-order valence-electron chi connectivity index (χ4n) is 1.59. The van der Waals surface area contributed by atoms with Crippen LogP contribution < -0.4 is 15.4 Å². The maximum atomic E-state index is 11.7. The lowest BCUT2D eigenvalue weighted by molar-refractivity contribution is -0.115. The molecule has 0 saturated carbocycles. The Kier molecular flexibility index (Phi) is 7.69. The van der Waals surface area contributed by atoms with Crippen molar-refractivity contribution >= 4 is 11.6 Å². The highest BCUT2D eigenvalue weighted by atomic mass is 16.5. The molecule has 1 amide bonds. The first kappa shape index (κ1) is 16.5. The molecule has 0 fully saturated rings. The topological polar surface area (TPSA) is 53.6 Å². The molecule has 1 aromatic carbocycles. The lowest BCUT2D eigenvalue weighted by Crippen LogP contribution is -2.28. The molecule has 0 saturated heterocycles. The largest absolute Gasteiger partial charge is 0.492 e. The molecule has 0 aliphatic rings. The third-order valence-corrected chi connectivity index (χ3v) is 2.64. The molecule has 0 unspecified atom stereocenters. The van der Waals surface area contributed by atoms with Crippen molar-refractivity contribution in [3.05, 3.63) is 24.3 Å². The first-order chi connectivity index (χ1) is 9.61. The van der Waals surface area contributed by atoms with E-state index >= 15 is 0 Å². The van der Waals surface area contributed by atoms with Crippen LogP contribution in [-0.4, -0.2) is 51.1 Å². The van der Waals surface area contributed by atoms with E-state index in [0.717, 1.165) is 30.9 Å². The molecule has 20 heavy (non-hydrogen) atoms. The van der Waals surface area contributed by atoms with Gasteiger partial charge in [0.15, 0.2) is 0 Å². The van der Waals surface area contributed by atoms with Gasteiger partial charge in [-0.1, -0.05) is 13.0 Å². The van der Waals surface area contributed by atoms with E-state index in [0.29, 0.717) is 13.2 Å². The molecular weight excluding hydrogens is 254 g/mol. The van der Waals surface area contributed by atoms with Gasteiger partial charge in [-0.3, -0.25) is 4.79 Å². The zero-order chi connectivity index (χ0) is 14.8. The van der Waals surface area contributed by atoms with Gasteiger partial charge in [0.1, 0.15) is 12.4 Å². The normalized spacial score (nSPS) is 10.6. The van der Waals surface area contributed by atoms with Crippen LogP contribution in [0.25, 0.3) is 0 Å². The van der Waals surface area contributed by atoms with E-state index in [4.69, 9.17) is 4.74 Å². The monoisotopic (exact) mass is 279 g/mol. The van der Waals surface area contributed by atoms with Gasteiger partial charge in [-0.05, 0) is 39.2 Å². The maximum Gasteiger partial charge on any atom is 0.238 e. The summed E-state index contributed by atoms with van der Waals surface area (Å²) in [6.45, 7) is 4.74. The summed E-state index contributed by atoms with van der Waals surface area (Å²) in [5.41, 5.74) is 0.760. The Hall–Kier alpha value is -1.59. The first-order valence-electron chi connectivity index (χ1n) is 7.00. The van der Waals surface area contributed by atoms with Crippen LogP contribution in [0.15, 0.2) is 24.3 Å². The van der Waals surface area contributed by atoms with Gasteiger partial charge in [-0.25, -0.2) is 0 Å². The number of ether oxygens (including phenoxy) is 1. The number of benzene rings is 1. The molecule has 5 nitrogen and oxygen atoms in total. The van der Waals surface area contributed by atoms with Gasteiger partial charge in [0, 0.05) is 18.3 Å². The molecule has 112 valence electrons. The quantitative estimate of drug-likeness (QED) is 0.674. The zero-order valence-corrected chi connectivity index (χ0v) is 12.6. The average Bonchev–Trinajstić information content (AvgIpc) is 2.39. The molecular formula is C15H25N3O2. The van der Waals surface area contributed by atoms with E-state index in [-0.39, 0.29) is 5.91 Å². The van der Waals surface area contributed by atoms with Crippen molar-refractivity contribution in [2.45, 2.75) is 13.3 Å². The molecule has 0 atom stereocenters. The highest BCUT2D eigenvalue weighted by molar-refractivity contribution is 5.92. The Labute approximate surface area is 121 Å². The summed E-state index contributed by atoms with van der Waals surface area (Å²) in [5, 5.41) is 5.92. The van der Waals surface area contributed by atoms with Crippen LogP contribution in [0, 0.1) is 0 Å². The van der Waals surface area contributed by atoms with Crippen molar-refractivity contribution in [1.82, 2.24) is 10.2 Å². The number of amides is 1. The smallest absolute Gasteiger partial charge is 0.238 e. The molecule has 5 heteroatoms. The summed E-state index contributed by atoms with van der Waals surface area (Å²) in [7, 11) is 4.01. The van der Waals surface area contributed by atoms with E-state index < -0.39 is 0 Å². The Bertz CT molecular complexity index is 408. The number of rotatable bonds is 9. The van der Waals surface area contributed by atoms with Crippen LogP contribution >= 0.6 is 0 Å². The van der Waals surface area contributed by atoms with E-state index in [1.165, 1.54) is 0 Å². The van der Waals surface area contributed by atoms with Crippen LogP contribution in [0.3, 0.4) is 0 Å². The van der Waals surface area contributed by atoms with Crippen LogP contribution in [-0.2, 0) is 4.79 Å². The molecule has 1 aromatic rings. The summed E-state index contributed by atoms with van der Waals surface area (Å²) in [4.78, 5) is 13.7. The second kappa shape index (κ2) is 9.34. The van der Waals surface area contributed by atoms with Gasteiger partial charge in [0.2, 0.25) is 5.91 Å². The van der Waals surface area contributed by atoms with Crippen molar-refractivity contribution in [1.29, 1.82) is 0 Å². The number of hydrogen-bond acceptors (Lipinski definition) is 4. The summed E-state index contributed by atoms with van der Waals surface area (Å²) >= 11 is 0. The number of nitrogens with one attached hydrogen (secondary N) is 2. The van der Waals surface area contributed by atoms with Crippen molar-refractivity contribution in [2.75, 3.05) is 45.7 Å². The predicted molar refractivity (Wildman–Crippen MR) is 82.3 cm³/mol. The minimum atomic E-state index is -0.0381. The molecule has 0 bridgehead atoms. The first-order valence-corrected chi connectivity index (χ1v) is 7.00. The molecule has 0 aliphatic heterocycles. The second-order valence-corrected chi connectivity index (χ2v) is 4.90. The van der Waals surface area contributed by atoms with Crippen molar-refractivity contribution in [2.24, 2.45) is 0 Å². The number of likely N-dealkylation sites (N-methyl/N-ethyl adjacent to an activating group) is 1. The number of nitrogens with zero attached hydrogens (tertiary/aromatic N) is 1. The SMILES string of the molecule is CCCNCC(=O)Nc1cccc(OCCN(C)C)c1. The van der Waals surface area contributed by atoms with Gasteiger partial charge in [0.05, 0.1) is 6.54 Å². The van der Waals surface area contributed by atoms with Crippen LogP contribution in [0.1, 0.15) is 13.3 Å². The fourth-order valence-corrected chi connectivity index (χ4v) is 1.59. The Morgan fingerprint density at radius 1 is 1.35 bits per heavy atom. The van der Waals surface area contributed by atoms with E-state index in [9.17, 15) is 4.79 Å². The number of anilines is 1. The standard InChI is InChI=1S/C15H25N3O2/c1-4-8-16-12-15(19)17-13-6-5-7-14(11-13)20-10-9-18(2)3/h5-7,11,16H,4,8-10,12H2,1-3H3,(H,17,19). The minimum absolute atomic E-state index is 0.0381. The Morgan fingerprint density at radius 3 is 2.85 bits per heavy atom. The summed E-state index contributed by atoms with van der Waals surface area (Å²) < 4.78 is 5.63. The molecule has 0 heterocycles. The third-order valence-electron chi connectivity index (χ3n) is 2.64. The highest BCUT2D eigenvalue weighted by Crippen LogP contribution is 2.17. The summed E-state index contributed by atoms with van der Waals surface area (Å²) in [6.07, 6.45) is 1.02. The Morgan fingerprint density at radius 2 is 2.15 bits per heavy atom. The zero-order valence-electron chi connectivity index (χ0n) is 12.6. The van der Waals surface area contributed by atoms with Gasteiger partial charge in [-0.2, -0.15) is 0 Å². The van der Waals surface area contributed by atoms with Crippen molar-refractivity contribution in [3.63, 3.8) is 0 Å². The lowest BCUT2D eigenvalue weighted by atomic mass is 10.3. The average molecular weight is 279 g/mol. The van der Waals surface area contributed by atoms with Crippen LogP contribution in [0.2, 0.25) is 0 Å². The maximum absolute atomic E-state index is 11.7. The molecule has 0 radical (unpaired) electrons.